The normalized spacial score (nSPS) is 12.9. The molecule has 0 fully saturated rings. The Balaban J connectivity index is 2.85. The molecule has 0 saturated heterocycles. The van der Waals surface area contributed by atoms with Crippen molar-refractivity contribution >= 4 is 0 Å². The lowest BCUT2D eigenvalue weighted by Gasteiger charge is -2.12. The maximum absolute atomic E-state index is 13.3. The zero-order chi connectivity index (χ0) is 11.4. The summed E-state index contributed by atoms with van der Waals surface area (Å²) in [6, 6.07) is 2.99. The summed E-state index contributed by atoms with van der Waals surface area (Å²) in [5.41, 5.74) is 5.51. The quantitative estimate of drug-likeness (QED) is 0.844. The molecule has 2 N–H and O–H groups in total. The lowest BCUT2D eigenvalue weighted by molar-refractivity contribution is 0.128. The van der Waals surface area contributed by atoms with E-state index in [-0.39, 0.29) is 5.56 Å². The van der Waals surface area contributed by atoms with Crippen LogP contribution in [0.1, 0.15) is 18.0 Å². The minimum absolute atomic E-state index is 0.0797. The van der Waals surface area contributed by atoms with E-state index in [2.05, 4.69) is 0 Å². The van der Waals surface area contributed by atoms with Crippen LogP contribution in [0, 0.1) is 5.82 Å². The number of rotatable bonds is 4. The van der Waals surface area contributed by atoms with E-state index >= 15 is 0 Å². The molecule has 2 nitrogen and oxygen atoms in total. The summed E-state index contributed by atoms with van der Waals surface area (Å²) in [5.74, 6) is -0.289. The summed E-state index contributed by atoms with van der Waals surface area (Å²) < 4.78 is 42.2. The molecule has 15 heavy (non-hydrogen) atoms. The van der Waals surface area contributed by atoms with Crippen LogP contribution >= 0.6 is 0 Å². The first-order valence-corrected chi connectivity index (χ1v) is 4.41. The van der Waals surface area contributed by atoms with Crippen LogP contribution in [0.15, 0.2) is 18.2 Å². The molecule has 1 aromatic rings. The molecule has 1 rings (SSSR count). The lowest BCUT2D eigenvalue weighted by atomic mass is 10.0. The number of halogens is 3. The van der Waals surface area contributed by atoms with E-state index in [1.807, 2.05) is 0 Å². The minimum atomic E-state index is -2.54. The molecule has 0 aliphatic heterocycles. The number of methoxy groups -OCH3 is 1. The highest BCUT2D eigenvalue weighted by atomic mass is 19.3. The van der Waals surface area contributed by atoms with E-state index in [0.717, 1.165) is 6.07 Å². The Labute approximate surface area is 85.8 Å². The maximum atomic E-state index is 13.3. The third-order valence-corrected chi connectivity index (χ3v) is 2.04. The van der Waals surface area contributed by atoms with E-state index in [1.54, 1.807) is 0 Å². The molecule has 0 saturated carbocycles. The zero-order valence-corrected chi connectivity index (χ0v) is 8.21. The molecule has 0 amide bonds. The van der Waals surface area contributed by atoms with Gasteiger partial charge in [0.25, 0.3) is 0 Å². The van der Waals surface area contributed by atoms with Crippen molar-refractivity contribution in [2.24, 2.45) is 5.73 Å². The Bertz CT molecular complexity index is 330. The highest BCUT2D eigenvalue weighted by Gasteiger charge is 2.16. The zero-order valence-electron chi connectivity index (χ0n) is 8.21. The van der Waals surface area contributed by atoms with Gasteiger partial charge in [0.1, 0.15) is 11.6 Å². The number of hydrogen-bond donors (Lipinski definition) is 1. The van der Waals surface area contributed by atoms with Crippen molar-refractivity contribution in [3.05, 3.63) is 29.6 Å². The van der Waals surface area contributed by atoms with E-state index in [1.165, 1.54) is 19.2 Å². The second-order valence-corrected chi connectivity index (χ2v) is 3.12. The summed E-state index contributed by atoms with van der Waals surface area (Å²) in [7, 11) is 1.40. The number of alkyl halides is 2. The molecule has 0 spiro atoms. The van der Waals surface area contributed by atoms with Gasteiger partial charge in [-0.2, -0.15) is 0 Å². The third-order valence-electron chi connectivity index (χ3n) is 2.04. The Morgan fingerprint density at radius 1 is 1.40 bits per heavy atom. The van der Waals surface area contributed by atoms with Crippen LogP contribution in [0.4, 0.5) is 13.2 Å². The molecule has 0 aromatic heterocycles. The van der Waals surface area contributed by atoms with Crippen molar-refractivity contribution in [2.45, 2.75) is 18.9 Å². The monoisotopic (exact) mass is 219 g/mol. The van der Waals surface area contributed by atoms with Crippen molar-refractivity contribution < 1.29 is 17.9 Å². The van der Waals surface area contributed by atoms with Gasteiger partial charge in [0, 0.05) is 24.1 Å². The summed E-state index contributed by atoms with van der Waals surface area (Å²) in [6.45, 7) is 0. The molecule has 1 aromatic carbocycles. The summed E-state index contributed by atoms with van der Waals surface area (Å²) in [6.07, 6.45) is -3.09. The number of nitrogens with two attached hydrogens (primary N) is 1. The molecular weight excluding hydrogens is 207 g/mol. The largest absolute Gasteiger partial charge is 0.497 e. The first-order chi connectivity index (χ1) is 7.04. The fourth-order valence-electron chi connectivity index (χ4n) is 1.25. The smallest absolute Gasteiger partial charge is 0.240 e. The Morgan fingerprint density at radius 2 is 2.07 bits per heavy atom. The van der Waals surface area contributed by atoms with Crippen LogP contribution in [0.5, 0.6) is 5.75 Å². The SMILES string of the molecule is COc1ccc([C@H](N)CC(F)F)c(F)c1. The highest BCUT2D eigenvalue weighted by molar-refractivity contribution is 5.30. The maximum Gasteiger partial charge on any atom is 0.240 e. The first-order valence-electron chi connectivity index (χ1n) is 4.41. The predicted octanol–water partition coefficient (Wildman–Crippen LogP) is 2.49. The van der Waals surface area contributed by atoms with Crippen LogP contribution in [0.25, 0.3) is 0 Å². The highest BCUT2D eigenvalue weighted by Crippen LogP contribution is 2.24. The Kier molecular flexibility index (Phi) is 3.96. The molecule has 0 aliphatic carbocycles. The van der Waals surface area contributed by atoms with E-state index < -0.39 is 24.7 Å². The minimum Gasteiger partial charge on any atom is -0.497 e. The van der Waals surface area contributed by atoms with Crippen LogP contribution in [0.2, 0.25) is 0 Å². The van der Waals surface area contributed by atoms with Gasteiger partial charge in [0.05, 0.1) is 7.11 Å². The molecule has 0 aliphatic rings. The molecule has 0 heterocycles. The Morgan fingerprint density at radius 3 is 2.53 bits per heavy atom. The predicted molar refractivity (Wildman–Crippen MR) is 50.5 cm³/mol. The summed E-state index contributed by atoms with van der Waals surface area (Å²) in [5, 5.41) is 0. The van der Waals surface area contributed by atoms with Gasteiger partial charge in [-0.05, 0) is 6.07 Å². The molecule has 84 valence electrons. The topological polar surface area (TPSA) is 35.2 Å². The van der Waals surface area contributed by atoms with Crippen LogP contribution in [-0.4, -0.2) is 13.5 Å². The van der Waals surface area contributed by atoms with Crippen molar-refractivity contribution in [2.75, 3.05) is 7.11 Å². The lowest BCUT2D eigenvalue weighted by Crippen LogP contribution is -2.15. The molecular formula is C10H12F3NO. The standard InChI is InChI=1S/C10H12F3NO/c1-15-6-2-3-7(8(11)4-6)9(14)5-10(12)13/h2-4,9-10H,5,14H2,1H3/t9-/m1/s1. The van der Waals surface area contributed by atoms with E-state index in [4.69, 9.17) is 10.5 Å². The Hall–Kier alpha value is -1.23. The van der Waals surface area contributed by atoms with Gasteiger partial charge >= 0.3 is 0 Å². The summed E-state index contributed by atoms with van der Waals surface area (Å²) in [4.78, 5) is 0. The van der Waals surface area contributed by atoms with Crippen LogP contribution < -0.4 is 10.5 Å². The van der Waals surface area contributed by atoms with Gasteiger partial charge in [-0.3, -0.25) is 0 Å². The van der Waals surface area contributed by atoms with Crippen molar-refractivity contribution in [1.82, 2.24) is 0 Å². The van der Waals surface area contributed by atoms with Gasteiger partial charge in [0.2, 0.25) is 6.43 Å². The second kappa shape index (κ2) is 5.02. The fourth-order valence-corrected chi connectivity index (χ4v) is 1.25. The van der Waals surface area contributed by atoms with Crippen LogP contribution in [-0.2, 0) is 0 Å². The van der Waals surface area contributed by atoms with E-state index in [0.29, 0.717) is 5.75 Å². The molecule has 5 heteroatoms. The van der Waals surface area contributed by atoms with Crippen LogP contribution in [0.3, 0.4) is 0 Å². The van der Waals surface area contributed by atoms with Gasteiger partial charge < -0.3 is 10.5 Å². The molecule has 1 atom stereocenters. The van der Waals surface area contributed by atoms with Gasteiger partial charge in [-0.15, -0.1) is 0 Å². The van der Waals surface area contributed by atoms with Crippen molar-refractivity contribution in [1.29, 1.82) is 0 Å². The van der Waals surface area contributed by atoms with Gasteiger partial charge in [-0.25, -0.2) is 13.2 Å². The number of benzene rings is 1. The fraction of sp³-hybridized carbons (Fsp3) is 0.400. The first kappa shape index (κ1) is 11.8. The number of ether oxygens (including phenoxy) is 1. The van der Waals surface area contributed by atoms with Gasteiger partial charge in [-0.1, -0.05) is 6.07 Å². The molecule has 0 radical (unpaired) electrons. The third kappa shape index (κ3) is 3.13. The summed E-state index contributed by atoms with van der Waals surface area (Å²) >= 11 is 0. The average molecular weight is 219 g/mol. The van der Waals surface area contributed by atoms with Gasteiger partial charge in [0.15, 0.2) is 0 Å². The average Bonchev–Trinajstić information content (AvgIpc) is 2.16. The molecule has 0 bridgehead atoms. The second-order valence-electron chi connectivity index (χ2n) is 3.12. The number of hydrogen-bond acceptors (Lipinski definition) is 2. The van der Waals surface area contributed by atoms with Crippen molar-refractivity contribution in [3.8, 4) is 5.75 Å². The van der Waals surface area contributed by atoms with E-state index in [9.17, 15) is 13.2 Å². The molecule has 0 unspecified atom stereocenters. The van der Waals surface area contributed by atoms with Crippen molar-refractivity contribution in [3.63, 3.8) is 0 Å².